The summed E-state index contributed by atoms with van der Waals surface area (Å²) in [5.41, 5.74) is 9.21. The summed E-state index contributed by atoms with van der Waals surface area (Å²) < 4.78 is 12.0. The maximum atomic E-state index is 9.88. The number of benzene rings is 4. The number of ether oxygens (including phenoxy) is 2. The Morgan fingerprint density at radius 3 is 2.00 bits per heavy atom. The van der Waals surface area contributed by atoms with Crippen LogP contribution in [0.4, 0.5) is 0 Å². The van der Waals surface area contributed by atoms with Gasteiger partial charge in [-0.05, 0) is 55.2 Å². The quantitative estimate of drug-likeness (QED) is 0.162. The van der Waals surface area contributed by atoms with E-state index < -0.39 is 5.54 Å². The van der Waals surface area contributed by atoms with E-state index >= 15 is 0 Å². The number of hydrogen-bond donors (Lipinski definition) is 1. The van der Waals surface area contributed by atoms with Gasteiger partial charge >= 0.3 is 31.1 Å². The Bertz CT molecular complexity index is 1270. The van der Waals surface area contributed by atoms with Crippen molar-refractivity contribution in [2.75, 3.05) is 0 Å². The van der Waals surface area contributed by atoms with Crippen molar-refractivity contribution in [1.82, 2.24) is 0 Å². The van der Waals surface area contributed by atoms with Crippen molar-refractivity contribution in [3.8, 4) is 17.2 Å². The topological polar surface area (TPSA) is 61.6 Å². The van der Waals surface area contributed by atoms with Crippen molar-refractivity contribution in [3.05, 3.63) is 138 Å². The molecular formula is C33H31NO3U. The zero-order valence-corrected chi connectivity index (χ0v) is 25.6. The Kier molecular flexibility index (Phi) is 11.4. The zero-order valence-electron chi connectivity index (χ0n) is 21.5. The molecule has 38 heavy (non-hydrogen) atoms. The molecule has 0 heterocycles. The molecule has 5 heteroatoms. The van der Waals surface area contributed by atoms with Gasteiger partial charge in [-0.25, -0.2) is 0 Å². The molecule has 4 nitrogen and oxygen atoms in total. The molecule has 0 radical (unpaired) electrons. The molecule has 1 aliphatic carbocycles. The second-order valence-corrected chi connectivity index (χ2v) is 9.09. The fraction of sp³-hybridized carbons (Fsp3) is 0.182. The molecule has 1 aliphatic rings. The smallest absolute Gasteiger partial charge is 0.490 e. The van der Waals surface area contributed by atoms with E-state index in [-0.39, 0.29) is 37.2 Å². The second kappa shape index (κ2) is 14.7. The van der Waals surface area contributed by atoms with Crippen LogP contribution in [0.3, 0.4) is 0 Å². The third-order valence-electron chi connectivity index (χ3n) is 6.34. The van der Waals surface area contributed by atoms with Gasteiger partial charge in [-0.2, -0.15) is 35.9 Å². The third kappa shape index (κ3) is 8.46. The summed E-state index contributed by atoms with van der Waals surface area (Å²) in [4.78, 5) is 9.88. The van der Waals surface area contributed by atoms with Crippen LogP contribution in [0.15, 0.2) is 121 Å². The van der Waals surface area contributed by atoms with Crippen molar-refractivity contribution < 1.29 is 45.4 Å². The van der Waals surface area contributed by atoms with Crippen LogP contribution >= 0.6 is 0 Å². The molecule has 0 spiro atoms. The zero-order chi connectivity index (χ0) is 25.9. The van der Waals surface area contributed by atoms with Crippen molar-refractivity contribution in [3.63, 3.8) is 0 Å². The van der Waals surface area contributed by atoms with Gasteiger partial charge in [-0.1, -0.05) is 42.5 Å². The average molecular weight is 728 g/mol. The molecule has 4 aromatic rings. The molecule has 0 aromatic heterocycles. The van der Waals surface area contributed by atoms with Gasteiger partial charge in [0.1, 0.15) is 17.6 Å². The third-order valence-corrected chi connectivity index (χ3v) is 6.34. The minimum Gasteiger partial charge on any atom is -0.490 e. The number of hydrogen-bond acceptors (Lipinski definition) is 4. The van der Waals surface area contributed by atoms with E-state index in [4.69, 9.17) is 15.2 Å². The van der Waals surface area contributed by atoms with Crippen LogP contribution < -0.4 is 15.2 Å². The van der Waals surface area contributed by atoms with Gasteiger partial charge in [-0.3, -0.25) is 0 Å². The molecule has 2 atom stereocenters. The molecule has 190 valence electrons. The first-order chi connectivity index (χ1) is 18.0. The first kappa shape index (κ1) is 29.5. The Morgan fingerprint density at radius 1 is 0.842 bits per heavy atom. The maximum absolute atomic E-state index is 9.88. The summed E-state index contributed by atoms with van der Waals surface area (Å²) in [6.45, 7) is 2.08. The average Bonchev–Trinajstić information content (AvgIpc) is 2.96. The fourth-order valence-corrected chi connectivity index (χ4v) is 4.22. The summed E-state index contributed by atoms with van der Waals surface area (Å²) in [7, 11) is 0. The first-order valence-corrected chi connectivity index (χ1v) is 12.4. The molecular weight excluding hydrogens is 696 g/mol. The van der Waals surface area contributed by atoms with E-state index in [1.54, 1.807) is 30.6 Å². The van der Waals surface area contributed by atoms with Gasteiger partial charge in [0, 0.05) is 12.2 Å². The van der Waals surface area contributed by atoms with Gasteiger partial charge < -0.3 is 20.0 Å². The van der Waals surface area contributed by atoms with E-state index in [2.05, 4.69) is 31.2 Å². The summed E-state index contributed by atoms with van der Waals surface area (Å²) in [5.74, 6) is 2.52. The van der Waals surface area contributed by atoms with E-state index in [1.807, 2.05) is 72.8 Å². The fourth-order valence-electron chi connectivity index (χ4n) is 4.22. The maximum Gasteiger partial charge on any atom is 2.00 e. The summed E-state index contributed by atoms with van der Waals surface area (Å²) in [5, 5.41) is 0. The van der Waals surface area contributed by atoms with Gasteiger partial charge in [0.2, 0.25) is 0 Å². The van der Waals surface area contributed by atoms with Gasteiger partial charge in [-0.15, -0.1) is 24.3 Å². The second-order valence-electron chi connectivity index (χ2n) is 9.09. The summed E-state index contributed by atoms with van der Waals surface area (Å²) in [6.07, 6.45) is 7.02. The minimum atomic E-state index is -0.502. The Labute approximate surface area is 249 Å². The molecule has 0 bridgehead atoms. The minimum absolute atomic E-state index is 0. The molecule has 0 amide bonds. The van der Waals surface area contributed by atoms with Crippen molar-refractivity contribution in [2.45, 2.75) is 37.8 Å². The Hall–Kier alpha value is -3.10. The predicted octanol–water partition coefficient (Wildman–Crippen LogP) is 7.16. The van der Waals surface area contributed by atoms with Gasteiger partial charge in [0.05, 0.1) is 11.8 Å². The van der Waals surface area contributed by atoms with Crippen molar-refractivity contribution in [2.24, 2.45) is 5.73 Å². The Morgan fingerprint density at radius 2 is 1.45 bits per heavy atom. The van der Waals surface area contributed by atoms with Crippen LogP contribution in [-0.2, 0) is 10.3 Å². The number of rotatable bonds is 7. The van der Waals surface area contributed by atoms with Crippen LogP contribution in [0.5, 0.6) is 17.2 Å². The molecule has 0 fully saturated rings. The summed E-state index contributed by atoms with van der Waals surface area (Å²) in [6, 6.07) is 37.4. The van der Waals surface area contributed by atoms with Gasteiger partial charge in [0.25, 0.3) is 0 Å². The van der Waals surface area contributed by atoms with Crippen LogP contribution in [0.25, 0.3) is 0 Å². The standard InChI is InChI=1S/C26H26NO2.C7H5O.U/c1-26(27,20-12-16-24(17-13-20)28-22-8-4-2-5-9-22)21-14-18-25(19-15-21)29-23-10-6-3-7-11-23;8-6-7-4-2-1-3-5-7;/h2,4-12,14-15,18-19,24H,13,16-17,27H2,1H3;1-5H;/q2*-1;+2. The van der Waals surface area contributed by atoms with Crippen LogP contribution in [0.1, 0.15) is 37.3 Å². The monoisotopic (exact) mass is 727 g/mol. The first-order valence-electron chi connectivity index (χ1n) is 12.4. The van der Waals surface area contributed by atoms with E-state index in [0.29, 0.717) is 5.56 Å². The molecule has 2 N–H and O–H groups in total. The molecule has 0 saturated carbocycles. The van der Waals surface area contributed by atoms with Crippen molar-refractivity contribution in [1.29, 1.82) is 0 Å². The van der Waals surface area contributed by atoms with E-state index in [1.165, 1.54) is 5.57 Å². The molecule has 5 rings (SSSR count). The molecule has 2 unspecified atom stereocenters. The predicted molar refractivity (Wildman–Crippen MR) is 147 cm³/mol. The normalized spacial score (nSPS) is 15.8. The molecule has 4 aromatic carbocycles. The van der Waals surface area contributed by atoms with E-state index in [0.717, 1.165) is 42.1 Å². The van der Waals surface area contributed by atoms with Gasteiger partial charge in [0.15, 0.2) is 0 Å². The van der Waals surface area contributed by atoms with Crippen LogP contribution in [0, 0.1) is 37.2 Å². The number of carbonyl (C=O) groups excluding carboxylic acids is 1. The largest absolute Gasteiger partial charge is 2.00 e. The SMILES string of the molecule is CC(N)(C1=CCC(Oc2ccccc2)CC1)c1ccc(Oc2cc[c-]cc2)cc1.O=[C-]c1ccccc1.[U+2]. The molecule has 0 aliphatic heterocycles. The number of nitrogens with two attached hydrogens (primary N) is 1. The van der Waals surface area contributed by atoms with E-state index in [9.17, 15) is 4.79 Å². The number of para-hydroxylation sites is 1. The van der Waals surface area contributed by atoms with Crippen LogP contribution in [0.2, 0.25) is 0 Å². The van der Waals surface area contributed by atoms with Crippen LogP contribution in [-0.4, -0.2) is 12.4 Å². The molecule has 0 saturated heterocycles. The Balaban J connectivity index is 0.000000382. The van der Waals surface area contributed by atoms with Crippen molar-refractivity contribution >= 4 is 6.29 Å². The summed E-state index contributed by atoms with van der Waals surface area (Å²) >= 11 is 0.